The van der Waals surface area contributed by atoms with E-state index in [-0.39, 0.29) is 12.2 Å². The molecule has 1 aromatic heterocycles. The summed E-state index contributed by atoms with van der Waals surface area (Å²) in [5.41, 5.74) is -0.730. The Bertz CT molecular complexity index is 473. The van der Waals surface area contributed by atoms with E-state index in [1.54, 1.807) is 0 Å². The van der Waals surface area contributed by atoms with Gasteiger partial charge in [0.2, 0.25) is 0 Å². The molecule has 0 aliphatic carbocycles. The zero-order valence-corrected chi connectivity index (χ0v) is 9.81. The van der Waals surface area contributed by atoms with Crippen molar-refractivity contribution >= 4 is 11.9 Å². The number of carboxylic acids is 1. The first kappa shape index (κ1) is 14.9. The number of halogens is 3. The number of aromatic carboxylic acids is 1. The van der Waals surface area contributed by atoms with Gasteiger partial charge >= 0.3 is 12.1 Å². The van der Waals surface area contributed by atoms with Crippen molar-refractivity contribution in [3.63, 3.8) is 0 Å². The van der Waals surface area contributed by atoms with E-state index in [2.05, 4.69) is 9.97 Å². The number of carboxylic acid groups (broad SMARTS) is 1. The highest BCUT2D eigenvalue weighted by atomic mass is 19.4. The standard InChI is InChI=1S/C10H10F3N3O3/c1-2-16(5-10(11,12)13)8(17)6-3-15-7(4-14-6)9(18)19/h3-4H,2,5H2,1H3,(H,18,19). The highest BCUT2D eigenvalue weighted by molar-refractivity contribution is 5.92. The Morgan fingerprint density at radius 3 is 2.16 bits per heavy atom. The van der Waals surface area contributed by atoms with Crippen LogP contribution in [0.15, 0.2) is 12.4 Å². The van der Waals surface area contributed by atoms with Gasteiger partial charge in [0.1, 0.15) is 12.2 Å². The van der Waals surface area contributed by atoms with Gasteiger partial charge in [-0.3, -0.25) is 4.79 Å². The maximum absolute atomic E-state index is 12.2. The average Bonchev–Trinajstić information content (AvgIpc) is 2.34. The SMILES string of the molecule is CCN(CC(F)(F)F)C(=O)c1cnc(C(=O)O)cn1. The molecule has 1 N–H and O–H groups in total. The molecule has 0 fully saturated rings. The number of rotatable bonds is 4. The first-order valence-electron chi connectivity index (χ1n) is 5.16. The van der Waals surface area contributed by atoms with Gasteiger partial charge in [-0.05, 0) is 6.92 Å². The maximum atomic E-state index is 12.2. The summed E-state index contributed by atoms with van der Waals surface area (Å²) in [6.07, 6.45) is -2.86. The van der Waals surface area contributed by atoms with Gasteiger partial charge in [-0.1, -0.05) is 0 Å². The summed E-state index contributed by atoms with van der Waals surface area (Å²) < 4.78 is 36.7. The lowest BCUT2D eigenvalue weighted by Crippen LogP contribution is -2.39. The molecule has 1 aromatic rings. The molecule has 1 heterocycles. The number of alkyl halides is 3. The zero-order chi connectivity index (χ0) is 14.6. The Kier molecular flexibility index (Phi) is 4.41. The van der Waals surface area contributed by atoms with Crippen LogP contribution in [0.1, 0.15) is 27.9 Å². The van der Waals surface area contributed by atoms with Gasteiger partial charge in [0.25, 0.3) is 5.91 Å². The molecule has 0 radical (unpaired) electrons. The van der Waals surface area contributed by atoms with Crippen molar-refractivity contribution in [2.45, 2.75) is 13.1 Å². The van der Waals surface area contributed by atoms with Crippen molar-refractivity contribution in [1.82, 2.24) is 14.9 Å². The van der Waals surface area contributed by atoms with Gasteiger partial charge in [-0.15, -0.1) is 0 Å². The van der Waals surface area contributed by atoms with Crippen LogP contribution < -0.4 is 0 Å². The molecule has 0 bridgehead atoms. The number of aromatic nitrogens is 2. The quantitative estimate of drug-likeness (QED) is 0.894. The normalized spacial score (nSPS) is 11.2. The topological polar surface area (TPSA) is 83.4 Å². The Morgan fingerprint density at radius 1 is 1.26 bits per heavy atom. The van der Waals surface area contributed by atoms with Crippen LogP contribution in [0, 0.1) is 0 Å². The predicted molar refractivity (Wildman–Crippen MR) is 56.6 cm³/mol. The molecule has 19 heavy (non-hydrogen) atoms. The van der Waals surface area contributed by atoms with Crippen molar-refractivity contribution < 1.29 is 27.9 Å². The molecule has 0 unspecified atom stereocenters. The van der Waals surface area contributed by atoms with Crippen molar-refractivity contribution in [1.29, 1.82) is 0 Å². The van der Waals surface area contributed by atoms with E-state index in [0.29, 0.717) is 4.90 Å². The van der Waals surface area contributed by atoms with Crippen LogP contribution in [0.5, 0.6) is 0 Å². The van der Waals surface area contributed by atoms with Gasteiger partial charge < -0.3 is 10.0 Å². The fourth-order valence-corrected chi connectivity index (χ4v) is 1.25. The predicted octanol–water partition coefficient (Wildman–Crippen LogP) is 1.20. The molecular formula is C10H10F3N3O3. The van der Waals surface area contributed by atoms with E-state index in [0.717, 1.165) is 12.4 Å². The third kappa shape index (κ3) is 4.19. The molecule has 6 nitrogen and oxygen atoms in total. The summed E-state index contributed by atoms with van der Waals surface area (Å²) >= 11 is 0. The molecular weight excluding hydrogens is 267 g/mol. The van der Waals surface area contributed by atoms with Gasteiger partial charge in [-0.25, -0.2) is 14.8 Å². The summed E-state index contributed by atoms with van der Waals surface area (Å²) in [6, 6.07) is 0. The Labute approximate surface area is 105 Å². The van der Waals surface area contributed by atoms with Crippen LogP contribution >= 0.6 is 0 Å². The third-order valence-electron chi connectivity index (χ3n) is 2.13. The van der Waals surface area contributed by atoms with E-state index in [4.69, 9.17) is 5.11 Å². The van der Waals surface area contributed by atoms with Crippen LogP contribution in [0.3, 0.4) is 0 Å². The molecule has 1 amide bonds. The van der Waals surface area contributed by atoms with Crippen molar-refractivity contribution in [3.8, 4) is 0 Å². The fraction of sp³-hybridized carbons (Fsp3) is 0.400. The number of hydrogen-bond acceptors (Lipinski definition) is 4. The highest BCUT2D eigenvalue weighted by Crippen LogP contribution is 2.17. The van der Waals surface area contributed by atoms with Gasteiger partial charge in [0.15, 0.2) is 5.69 Å². The van der Waals surface area contributed by atoms with E-state index >= 15 is 0 Å². The molecule has 0 aromatic carbocycles. The summed E-state index contributed by atoms with van der Waals surface area (Å²) in [7, 11) is 0. The minimum Gasteiger partial charge on any atom is -0.476 e. The number of amides is 1. The monoisotopic (exact) mass is 277 g/mol. The molecule has 0 saturated heterocycles. The molecule has 9 heteroatoms. The minimum atomic E-state index is -4.51. The third-order valence-corrected chi connectivity index (χ3v) is 2.13. The highest BCUT2D eigenvalue weighted by Gasteiger charge is 2.33. The minimum absolute atomic E-state index is 0.152. The Morgan fingerprint density at radius 2 is 1.79 bits per heavy atom. The first-order chi connectivity index (χ1) is 8.74. The molecule has 0 atom stereocenters. The van der Waals surface area contributed by atoms with Gasteiger partial charge in [0.05, 0.1) is 12.4 Å². The summed E-state index contributed by atoms with van der Waals surface area (Å²) in [5.74, 6) is -2.29. The van der Waals surface area contributed by atoms with E-state index in [1.807, 2.05) is 0 Å². The number of nitrogens with zero attached hydrogens (tertiary/aromatic N) is 3. The second-order valence-electron chi connectivity index (χ2n) is 3.53. The Balaban J connectivity index is 2.88. The fourth-order valence-electron chi connectivity index (χ4n) is 1.25. The van der Waals surface area contributed by atoms with E-state index in [1.165, 1.54) is 6.92 Å². The lowest BCUT2D eigenvalue weighted by Gasteiger charge is -2.21. The molecule has 0 aliphatic rings. The smallest absolute Gasteiger partial charge is 0.406 e. The Hall–Kier alpha value is -2.19. The molecule has 1 rings (SSSR count). The molecule has 104 valence electrons. The molecule has 0 aliphatic heterocycles. The largest absolute Gasteiger partial charge is 0.476 e. The van der Waals surface area contributed by atoms with Crippen molar-refractivity contribution in [2.24, 2.45) is 0 Å². The van der Waals surface area contributed by atoms with Crippen LogP contribution in [0.2, 0.25) is 0 Å². The lowest BCUT2D eigenvalue weighted by atomic mass is 10.3. The zero-order valence-electron chi connectivity index (χ0n) is 9.81. The maximum Gasteiger partial charge on any atom is 0.406 e. The molecule has 0 spiro atoms. The van der Waals surface area contributed by atoms with Crippen LogP contribution in [0.4, 0.5) is 13.2 Å². The first-order valence-corrected chi connectivity index (χ1v) is 5.16. The van der Waals surface area contributed by atoms with Crippen LogP contribution in [0.25, 0.3) is 0 Å². The van der Waals surface area contributed by atoms with Crippen LogP contribution in [-0.4, -0.2) is 51.1 Å². The van der Waals surface area contributed by atoms with Gasteiger partial charge in [0, 0.05) is 6.54 Å². The summed E-state index contributed by atoms with van der Waals surface area (Å²) in [6.45, 7) is -0.159. The number of carbonyl (C=O) groups is 2. The number of hydrogen-bond donors (Lipinski definition) is 1. The average molecular weight is 277 g/mol. The van der Waals surface area contributed by atoms with Crippen molar-refractivity contribution in [3.05, 3.63) is 23.8 Å². The molecule has 0 saturated carbocycles. The second-order valence-corrected chi connectivity index (χ2v) is 3.53. The van der Waals surface area contributed by atoms with Gasteiger partial charge in [-0.2, -0.15) is 13.2 Å². The van der Waals surface area contributed by atoms with Crippen LogP contribution in [-0.2, 0) is 0 Å². The summed E-state index contributed by atoms with van der Waals surface area (Å²) in [5, 5.41) is 8.58. The van der Waals surface area contributed by atoms with E-state index < -0.39 is 30.3 Å². The lowest BCUT2D eigenvalue weighted by molar-refractivity contribution is -0.140. The summed E-state index contributed by atoms with van der Waals surface area (Å²) in [4.78, 5) is 29.7. The second kappa shape index (κ2) is 5.63. The number of carbonyl (C=O) groups excluding carboxylic acids is 1. The van der Waals surface area contributed by atoms with Crippen molar-refractivity contribution in [2.75, 3.05) is 13.1 Å². The van der Waals surface area contributed by atoms with E-state index in [9.17, 15) is 22.8 Å².